The molecule has 1 aliphatic rings. The van der Waals surface area contributed by atoms with E-state index in [2.05, 4.69) is 23.5 Å². The SMILES string of the molecule is N#CCC1(c2ccc(Cl)cc2)CCNCC1. The van der Waals surface area contributed by atoms with Crippen LogP contribution in [0.25, 0.3) is 0 Å². The van der Waals surface area contributed by atoms with Gasteiger partial charge in [0.05, 0.1) is 6.07 Å². The average molecular weight is 235 g/mol. The molecule has 1 aliphatic heterocycles. The number of halogens is 1. The molecule has 16 heavy (non-hydrogen) atoms. The second-order valence-electron chi connectivity index (χ2n) is 4.37. The Morgan fingerprint density at radius 1 is 1.25 bits per heavy atom. The van der Waals surface area contributed by atoms with Crippen LogP contribution < -0.4 is 5.32 Å². The first-order valence-corrected chi connectivity index (χ1v) is 5.98. The predicted octanol–water partition coefficient (Wildman–Crippen LogP) is 2.87. The molecule has 2 nitrogen and oxygen atoms in total. The van der Waals surface area contributed by atoms with Crippen molar-refractivity contribution in [3.8, 4) is 6.07 Å². The van der Waals surface area contributed by atoms with Crippen LogP contribution in [0.5, 0.6) is 0 Å². The van der Waals surface area contributed by atoms with E-state index in [4.69, 9.17) is 16.9 Å². The van der Waals surface area contributed by atoms with Crippen molar-refractivity contribution in [2.75, 3.05) is 13.1 Å². The van der Waals surface area contributed by atoms with Gasteiger partial charge in [-0.1, -0.05) is 23.7 Å². The monoisotopic (exact) mass is 234 g/mol. The molecule has 1 aromatic carbocycles. The lowest BCUT2D eigenvalue weighted by Gasteiger charge is -2.36. The fraction of sp³-hybridized carbons (Fsp3) is 0.462. The Hall–Kier alpha value is -1.04. The molecule has 1 saturated heterocycles. The molecule has 0 amide bonds. The Labute approximate surface area is 101 Å². The quantitative estimate of drug-likeness (QED) is 0.854. The van der Waals surface area contributed by atoms with Crippen molar-refractivity contribution in [1.29, 1.82) is 5.26 Å². The highest BCUT2D eigenvalue weighted by Crippen LogP contribution is 2.36. The molecular formula is C13H15ClN2. The summed E-state index contributed by atoms with van der Waals surface area (Å²) in [7, 11) is 0. The molecule has 0 unspecified atom stereocenters. The van der Waals surface area contributed by atoms with Gasteiger partial charge in [0.2, 0.25) is 0 Å². The van der Waals surface area contributed by atoms with E-state index >= 15 is 0 Å². The number of nitrogens with one attached hydrogen (secondary N) is 1. The van der Waals surface area contributed by atoms with Gasteiger partial charge >= 0.3 is 0 Å². The molecule has 2 rings (SSSR count). The van der Waals surface area contributed by atoms with Crippen LogP contribution in [0.15, 0.2) is 24.3 Å². The summed E-state index contributed by atoms with van der Waals surface area (Å²) in [5, 5.41) is 13.1. The Kier molecular flexibility index (Phi) is 3.48. The molecule has 1 fully saturated rings. The largest absolute Gasteiger partial charge is 0.317 e. The van der Waals surface area contributed by atoms with Crippen molar-refractivity contribution in [2.45, 2.75) is 24.7 Å². The number of nitriles is 1. The highest BCUT2D eigenvalue weighted by molar-refractivity contribution is 6.30. The summed E-state index contributed by atoms with van der Waals surface area (Å²) in [6.07, 6.45) is 2.65. The Morgan fingerprint density at radius 3 is 2.44 bits per heavy atom. The summed E-state index contributed by atoms with van der Waals surface area (Å²) in [4.78, 5) is 0. The Bertz CT molecular complexity index is 385. The van der Waals surface area contributed by atoms with E-state index in [9.17, 15) is 0 Å². The molecular weight excluding hydrogens is 220 g/mol. The molecule has 84 valence electrons. The third-order valence-electron chi connectivity index (χ3n) is 3.43. The third-order valence-corrected chi connectivity index (χ3v) is 3.69. The van der Waals surface area contributed by atoms with Crippen molar-refractivity contribution in [2.24, 2.45) is 0 Å². The topological polar surface area (TPSA) is 35.8 Å². The van der Waals surface area contributed by atoms with Crippen LogP contribution in [0.2, 0.25) is 5.02 Å². The Balaban J connectivity index is 2.31. The number of nitrogens with zero attached hydrogens (tertiary/aromatic N) is 1. The van der Waals surface area contributed by atoms with Gasteiger partial charge in [-0.05, 0) is 43.6 Å². The lowest BCUT2D eigenvalue weighted by molar-refractivity contribution is 0.312. The zero-order valence-corrected chi connectivity index (χ0v) is 9.93. The fourth-order valence-corrected chi connectivity index (χ4v) is 2.55. The summed E-state index contributed by atoms with van der Waals surface area (Å²) in [6, 6.07) is 10.3. The van der Waals surface area contributed by atoms with E-state index in [1.165, 1.54) is 5.56 Å². The molecule has 0 saturated carbocycles. The first-order chi connectivity index (χ1) is 7.77. The molecule has 1 aromatic rings. The van der Waals surface area contributed by atoms with Crippen LogP contribution in [0.4, 0.5) is 0 Å². The van der Waals surface area contributed by atoms with Crippen molar-refractivity contribution >= 4 is 11.6 Å². The van der Waals surface area contributed by atoms with E-state index in [-0.39, 0.29) is 5.41 Å². The zero-order chi connectivity index (χ0) is 11.4. The number of rotatable bonds is 2. The number of piperidine rings is 1. The Morgan fingerprint density at radius 2 is 1.88 bits per heavy atom. The van der Waals surface area contributed by atoms with E-state index < -0.39 is 0 Å². The highest BCUT2D eigenvalue weighted by atomic mass is 35.5. The summed E-state index contributed by atoms with van der Waals surface area (Å²) in [5.74, 6) is 0. The molecule has 1 N–H and O–H groups in total. The van der Waals surface area contributed by atoms with Gasteiger partial charge in [-0.15, -0.1) is 0 Å². The summed E-state index contributed by atoms with van der Waals surface area (Å²) < 4.78 is 0. The van der Waals surface area contributed by atoms with E-state index in [0.29, 0.717) is 6.42 Å². The van der Waals surface area contributed by atoms with Gasteiger partial charge in [0, 0.05) is 16.9 Å². The van der Waals surface area contributed by atoms with Crippen molar-refractivity contribution < 1.29 is 0 Å². The number of hydrogen-bond acceptors (Lipinski definition) is 2. The van der Waals surface area contributed by atoms with Crippen LogP contribution in [0.3, 0.4) is 0 Å². The maximum Gasteiger partial charge on any atom is 0.0631 e. The van der Waals surface area contributed by atoms with Crippen molar-refractivity contribution in [3.63, 3.8) is 0 Å². The molecule has 0 atom stereocenters. The van der Waals surface area contributed by atoms with Crippen LogP contribution in [0, 0.1) is 11.3 Å². The van der Waals surface area contributed by atoms with Gasteiger partial charge in [-0.2, -0.15) is 5.26 Å². The lowest BCUT2D eigenvalue weighted by Crippen LogP contribution is -2.39. The number of benzene rings is 1. The maximum absolute atomic E-state index is 9.00. The highest BCUT2D eigenvalue weighted by Gasteiger charge is 2.33. The molecule has 0 radical (unpaired) electrons. The first kappa shape index (κ1) is 11.4. The van der Waals surface area contributed by atoms with Gasteiger partial charge in [-0.3, -0.25) is 0 Å². The van der Waals surface area contributed by atoms with Crippen molar-refractivity contribution in [1.82, 2.24) is 5.32 Å². The van der Waals surface area contributed by atoms with Crippen molar-refractivity contribution in [3.05, 3.63) is 34.9 Å². The molecule has 3 heteroatoms. The minimum Gasteiger partial charge on any atom is -0.317 e. The summed E-state index contributed by atoms with van der Waals surface area (Å²) in [6.45, 7) is 1.98. The summed E-state index contributed by atoms with van der Waals surface area (Å²) in [5.41, 5.74) is 1.28. The normalized spacial score (nSPS) is 19.0. The molecule has 0 bridgehead atoms. The molecule has 0 aromatic heterocycles. The predicted molar refractivity (Wildman–Crippen MR) is 65.5 cm³/mol. The van der Waals surface area contributed by atoms with Gasteiger partial charge in [0.25, 0.3) is 0 Å². The first-order valence-electron chi connectivity index (χ1n) is 5.61. The zero-order valence-electron chi connectivity index (χ0n) is 9.17. The molecule has 1 heterocycles. The van der Waals surface area contributed by atoms with Gasteiger partial charge in [0.1, 0.15) is 0 Å². The minimum atomic E-state index is 0.0323. The second kappa shape index (κ2) is 4.86. The fourth-order valence-electron chi connectivity index (χ4n) is 2.43. The van der Waals surface area contributed by atoms with Gasteiger partial charge in [-0.25, -0.2) is 0 Å². The third kappa shape index (κ3) is 2.21. The van der Waals surface area contributed by atoms with Crippen LogP contribution in [-0.2, 0) is 5.41 Å². The summed E-state index contributed by atoms with van der Waals surface area (Å²) >= 11 is 5.90. The molecule has 0 aliphatic carbocycles. The molecule has 0 spiro atoms. The average Bonchev–Trinajstić information content (AvgIpc) is 2.31. The maximum atomic E-state index is 9.00. The van der Waals surface area contributed by atoms with Gasteiger partial charge < -0.3 is 5.32 Å². The van der Waals surface area contributed by atoms with E-state index in [0.717, 1.165) is 31.0 Å². The standard InChI is InChI=1S/C13H15ClN2/c14-12-3-1-11(2-4-12)13(5-8-15)6-9-16-10-7-13/h1-4,16H,5-7,9-10H2. The smallest absolute Gasteiger partial charge is 0.0631 e. The van der Waals surface area contributed by atoms with Crippen LogP contribution >= 0.6 is 11.6 Å². The lowest BCUT2D eigenvalue weighted by atomic mass is 9.71. The van der Waals surface area contributed by atoms with Gasteiger partial charge in [0.15, 0.2) is 0 Å². The second-order valence-corrected chi connectivity index (χ2v) is 4.81. The van der Waals surface area contributed by atoms with E-state index in [1.807, 2.05) is 12.1 Å². The minimum absolute atomic E-state index is 0.0323. The van der Waals surface area contributed by atoms with Crippen LogP contribution in [-0.4, -0.2) is 13.1 Å². The number of hydrogen-bond donors (Lipinski definition) is 1. The van der Waals surface area contributed by atoms with E-state index in [1.54, 1.807) is 0 Å². The van der Waals surface area contributed by atoms with Crippen LogP contribution in [0.1, 0.15) is 24.8 Å².